The molecule has 0 saturated heterocycles. The van der Waals surface area contributed by atoms with Crippen LogP contribution in [0.25, 0.3) is 21.6 Å². The Morgan fingerprint density at radius 1 is 1.27 bits per heavy atom. The lowest BCUT2D eigenvalue weighted by molar-refractivity contribution is 0.0956. The van der Waals surface area contributed by atoms with Crippen LogP contribution in [-0.4, -0.2) is 27.0 Å². The molecular weight excluding hydrogens is 364 g/mol. The highest BCUT2D eigenvalue weighted by Crippen LogP contribution is 2.29. The third kappa shape index (κ3) is 3.40. The van der Waals surface area contributed by atoms with Gasteiger partial charge in [-0.3, -0.25) is 4.79 Å². The number of fused-ring (bicyclic) bond motifs is 1. The zero-order valence-corrected chi connectivity index (χ0v) is 15.9. The number of nitrogens with one attached hydrogen (secondary N) is 1. The molecule has 0 unspecified atom stereocenters. The zero-order valence-electron chi connectivity index (χ0n) is 14.3. The number of para-hydroxylation sites is 2. The second-order valence-corrected chi connectivity index (χ2v) is 7.76. The number of aromatic nitrogens is 3. The summed E-state index contributed by atoms with van der Waals surface area (Å²) in [6, 6.07) is 10.1. The fourth-order valence-corrected chi connectivity index (χ4v) is 4.53. The summed E-state index contributed by atoms with van der Waals surface area (Å²) in [4.78, 5) is 22.1. The van der Waals surface area contributed by atoms with Gasteiger partial charge < -0.3 is 9.88 Å². The fourth-order valence-electron chi connectivity index (χ4n) is 2.84. The number of imidazole rings is 1. The maximum Gasteiger partial charge on any atom is 0.263 e. The van der Waals surface area contributed by atoms with Crippen LogP contribution in [0.5, 0.6) is 0 Å². The minimum absolute atomic E-state index is 0.0445. The Bertz CT molecular complexity index is 1030. The minimum Gasteiger partial charge on any atom is -0.351 e. The van der Waals surface area contributed by atoms with Crippen molar-refractivity contribution in [1.82, 2.24) is 19.9 Å². The molecule has 0 aliphatic carbocycles. The van der Waals surface area contributed by atoms with Gasteiger partial charge in [0.15, 0.2) is 0 Å². The standard InChI is InChI=1S/C19H18N4OS2/c1-13-17(26-19(22-13)14-7-10-25-11-14)18(24)20-8-4-9-23-12-21-15-5-2-3-6-16(15)23/h2-3,5-7,10-12H,4,8-9H2,1H3,(H,20,24). The molecule has 7 heteroatoms. The summed E-state index contributed by atoms with van der Waals surface area (Å²) < 4.78 is 2.12. The van der Waals surface area contributed by atoms with Gasteiger partial charge in [-0.2, -0.15) is 11.3 Å². The second kappa shape index (κ2) is 7.39. The summed E-state index contributed by atoms with van der Waals surface area (Å²) >= 11 is 3.08. The average molecular weight is 383 g/mol. The molecule has 4 aromatic rings. The molecule has 1 N–H and O–H groups in total. The van der Waals surface area contributed by atoms with E-state index in [1.165, 1.54) is 11.3 Å². The average Bonchev–Trinajstić information content (AvgIpc) is 3.38. The van der Waals surface area contributed by atoms with Gasteiger partial charge in [-0.25, -0.2) is 9.97 Å². The highest BCUT2D eigenvalue weighted by molar-refractivity contribution is 7.17. The number of carbonyl (C=O) groups is 1. The normalized spacial score (nSPS) is 11.1. The first-order valence-corrected chi connectivity index (χ1v) is 10.2. The second-order valence-electron chi connectivity index (χ2n) is 5.98. The number of nitrogens with zero attached hydrogens (tertiary/aromatic N) is 3. The zero-order chi connectivity index (χ0) is 17.9. The van der Waals surface area contributed by atoms with Crippen LogP contribution in [-0.2, 0) is 6.54 Å². The largest absolute Gasteiger partial charge is 0.351 e. The van der Waals surface area contributed by atoms with Crippen molar-refractivity contribution in [2.45, 2.75) is 19.9 Å². The maximum atomic E-state index is 12.5. The summed E-state index contributed by atoms with van der Waals surface area (Å²) in [5, 5.41) is 7.98. The van der Waals surface area contributed by atoms with Gasteiger partial charge in [0.25, 0.3) is 5.91 Å². The molecule has 5 nitrogen and oxygen atoms in total. The Balaban J connectivity index is 1.34. The number of rotatable bonds is 6. The first-order valence-electron chi connectivity index (χ1n) is 8.40. The first kappa shape index (κ1) is 16.9. The number of thiazole rings is 1. The number of thiophene rings is 1. The molecule has 0 saturated carbocycles. The number of carbonyl (C=O) groups excluding carboxylic acids is 1. The molecule has 3 heterocycles. The van der Waals surface area contributed by atoms with Crippen LogP contribution >= 0.6 is 22.7 Å². The van der Waals surface area contributed by atoms with Gasteiger partial charge in [0.05, 0.1) is 23.1 Å². The number of aryl methyl sites for hydroxylation is 2. The monoisotopic (exact) mass is 382 g/mol. The Labute approximate surface area is 159 Å². The van der Waals surface area contributed by atoms with E-state index < -0.39 is 0 Å². The SMILES string of the molecule is Cc1nc(-c2ccsc2)sc1C(=O)NCCCn1cnc2ccccc21. The Morgan fingerprint density at radius 3 is 3.00 bits per heavy atom. The molecule has 0 aliphatic rings. The molecular formula is C19H18N4OS2. The van der Waals surface area contributed by atoms with Crippen LogP contribution in [0.3, 0.4) is 0 Å². The van der Waals surface area contributed by atoms with Crippen LogP contribution < -0.4 is 5.32 Å². The van der Waals surface area contributed by atoms with E-state index in [4.69, 9.17) is 0 Å². The van der Waals surface area contributed by atoms with E-state index >= 15 is 0 Å². The van der Waals surface area contributed by atoms with E-state index in [0.29, 0.717) is 11.4 Å². The number of hydrogen-bond acceptors (Lipinski definition) is 5. The number of benzene rings is 1. The van der Waals surface area contributed by atoms with Gasteiger partial charge in [0.1, 0.15) is 9.88 Å². The topological polar surface area (TPSA) is 59.8 Å². The summed E-state index contributed by atoms with van der Waals surface area (Å²) in [5.41, 5.74) is 3.98. The van der Waals surface area contributed by atoms with Crippen molar-refractivity contribution < 1.29 is 4.79 Å². The van der Waals surface area contributed by atoms with Gasteiger partial charge in [-0.1, -0.05) is 12.1 Å². The Hall–Kier alpha value is -2.51. The van der Waals surface area contributed by atoms with Gasteiger partial charge >= 0.3 is 0 Å². The van der Waals surface area contributed by atoms with Crippen molar-refractivity contribution in [3.05, 3.63) is 58.0 Å². The van der Waals surface area contributed by atoms with Crippen LogP contribution in [0.4, 0.5) is 0 Å². The third-order valence-corrected chi connectivity index (χ3v) is 6.05. The van der Waals surface area contributed by atoms with Crippen molar-refractivity contribution in [2.75, 3.05) is 6.54 Å². The van der Waals surface area contributed by atoms with E-state index in [-0.39, 0.29) is 5.91 Å². The Kier molecular flexibility index (Phi) is 4.81. The smallest absolute Gasteiger partial charge is 0.263 e. The predicted octanol–water partition coefficient (Wildman–Crippen LogP) is 4.35. The highest BCUT2D eigenvalue weighted by atomic mass is 32.1. The number of amides is 1. The summed E-state index contributed by atoms with van der Waals surface area (Å²) in [7, 11) is 0. The van der Waals surface area contributed by atoms with Crippen molar-refractivity contribution in [2.24, 2.45) is 0 Å². The van der Waals surface area contributed by atoms with E-state index in [0.717, 1.165) is 40.3 Å². The van der Waals surface area contributed by atoms with Crippen LogP contribution in [0.1, 0.15) is 21.8 Å². The minimum atomic E-state index is -0.0445. The van der Waals surface area contributed by atoms with Crippen LogP contribution in [0, 0.1) is 6.92 Å². The van der Waals surface area contributed by atoms with E-state index in [2.05, 4.69) is 31.3 Å². The van der Waals surface area contributed by atoms with Crippen molar-refractivity contribution >= 4 is 39.6 Å². The van der Waals surface area contributed by atoms with E-state index in [1.807, 2.05) is 42.9 Å². The third-order valence-electron chi connectivity index (χ3n) is 4.16. The molecule has 3 aromatic heterocycles. The Morgan fingerprint density at radius 2 is 2.15 bits per heavy atom. The summed E-state index contributed by atoms with van der Waals surface area (Å²) in [6.07, 6.45) is 2.70. The number of hydrogen-bond donors (Lipinski definition) is 1. The van der Waals surface area contributed by atoms with Crippen molar-refractivity contribution in [1.29, 1.82) is 0 Å². The van der Waals surface area contributed by atoms with Crippen molar-refractivity contribution in [3.8, 4) is 10.6 Å². The van der Waals surface area contributed by atoms with Crippen LogP contribution in [0.15, 0.2) is 47.4 Å². The molecule has 132 valence electrons. The molecule has 0 spiro atoms. The summed E-state index contributed by atoms with van der Waals surface area (Å²) in [6.45, 7) is 3.33. The molecule has 0 atom stereocenters. The lowest BCUT2D eigenvalue weighted by Crippen LogP contribution is -2.25. The quantitative estimate of drug-likeness (QED) is 0.504. The fraction of sp³-hybridized carbons (Fsp3) is 0.211. The van der Waals surface area contributed by atoms with Crippen molar-refractivity contribution in [3.63, 3.8) is 0 Å². The van der Waals surface area contributed by atoms with Gasteiger partial charge in [-0.05, 0) is 36.9 Å². The molecule has 4 rings (SSSR count). The molecule has 0 bridgehead atoms. The predicted molar refractivity (Wildman–Crippen MR) is 107 cm³/mol. The lowest BCUT2D eigenvalue weighted by Gasteiger charge is -2.06. The summed E-state index contributed by atoms with van der Waals surface area (Å²) in [5.74, 6) is -0.0445. The first-order chi connectivity index (χ1) is 12.7. The maximum absolute atomic E-state index is 12.5. The highest BCUT2D eigenvalue weighted by Gasteiger charge is 2.16. The molecule has 1 aromatic carbocycles. The lowest BCUT2D eigenvalue weighted by atomic mass is 10.3. The van der Waals surface area contributed by atoms with E-state index in [9.17, 15) is 4.79 Å². The molecule has 1 amide bonds. The molecule has 0 fully saturated rings. The van der Waals surface area contributed by atoms with Gasteiger partial charge in [-0.15, -0.1) is 11.3 Å². The van der Waals surface area contributed by atoms with Gasteiger partial charge in [0.2, 0.25) is 0 Å². The van der Waals surface area contributed by atoms with Gasteiger partial charge in [0, 0.05) is 24.0 Å². The molecule has 0 aliphatic heterocycles. The molecule has 26 heavy (non-hydrogen) atoms. The molecule has 0 radical (unpaired) electrons. The van der Waals surface area contributed by atoms with Crippen LogP contribution in [0.2, 0.25) is 0 Å². The van der Waals surface area contributed by atoms with E-state index in [1.54, 1.807) is 11.3 Å².